The highest BCUT2D eigenvalue weighted by atomic mass is 32.2. The van der Waals surface area contributed by atoms with E-state index in [1.54, 1.807) is 18.2 Å². The average Bonchev–Trinajstić information content (AvgIpc) is 2.91. The molecule has 216 valence electrons. The second-order valence-electron chi connectivity index (χ2n) is 9.73. The molecule has 7 heteroatoms. The molecule has 0 spiro atoms. The summed E-state index contributed by atoms with van der Waals surface area (Å²) >= 11 is 0. The molecule has 0 heterocycles. The Morgan fingerprint density at radius 3 is 1.32 bits per heavy atom. The molecule has 1 aromatic carbocycles. The molecular weight excluding hydrogens is 488 g/mol. The van der Waals surface area contributed by atoms with Crippen LogP contribution in [0, 0.1) is 0 Å². The standard InChI is InChI=1S/C30H54O6S/c1-2-3-4-5-6-7-8-9-10-11-12-13-14-15-16-20-23-33-24-25-34-26-27-35-28-29-36-37(31,32)30-21-18-17-19-22-30/h17-19,21-22H,2-16,20,23-29H2,1H3. The number of rotatable bonds is 28. The van der Waals surface area contributed by atoms with Crippen molar-refractivity contribution in [2.45, 2.75) is 115 Å². The van der Waals surface area contributed by atoms with E-state index in [2.05, 4.69) is 6.92 Å². The van der Waals surface area contributed by atoms with Gasteiger partial charge in [0.1, 0.15) is 0 Å². The van der Waals surface area contributed by atoms with E-state index >= 15 is 0 Å². The summed E-state index contributed by atoms with van der Waals surface area (Å²) in [4.78, 5) is 0.151. The molecule has 0 saturated carbocycles. The van der Waals surface area contributed by atoms with Gasteiger partial charge < -0.3 is 14.2 Å². The van der Waals surface area contributed by atoms with Gasteiger partial charge in [0.25, 0.3) is 10.1 Å². The third-order valence-corrected chi connectivity index (χ3v) is 7.71. The normalized spacial score (nSPS) is 11.8. The maximum Gasteiger partial charge on any atom is 0.297 e. The SMILES string of the molecule is CCCCCCCCCCCCCCCCCCOCCOCCOCCOS(=O)(=O)c1ccccc1. The van der Waals surface area contributed by atoms with Crippen molar-refractivity contribution in [3.8, 4) is 0 Å². The second-order valence-corrected chi connectivity index (χ2v) is 11.3. The van der Waals surface area contributed by atoms with Crippen molar-refractivity contribution in [2.75, 3.05) is 46.2 Å². The molecule has 0 unspecified atom stereocenters. The van der Waals surface area contributed by atoms with Crippen LogP contribution in [0.2, 0.25) is 0 Å². The Kier molecular flexibility index (Phi) is 23.3. The fourth-order valence-electron chi connectivity index (χ4n) is 4.15. The molecule has 6 nitrogen and oxygen atoms in total. The maximum atomic E-state index is 12.0. The first kappa shape index (κ1) is 34.0. The molecular formula is C30H54O6S. The lowest BCUT2D eigenvalue weighted by molar-refractivity contribution is 0.00912. The fraction of sp³-hybridized carbons (Fsp3) is 0.800. The van der Waals surface area contributed by atoms with E-state index in [1.165, 1.54) is 108 Å². The van der Waals surface area contributed by atoms with E-state index in [-0.39, 0.29) is 18.1 Å². The van der Waals surface area contributed by atoms with Gasteiger partial charge in [-0.25, -0.2) is 0 Å². The number of benzene rings is 1. The Hall–Kier alpha value is -0.990. The predicted octanol–water partition coefficient (Wildman–Crippen LogP) is 7.70. The molecule has 0 bridgehead atoms. The number of ether oxygens (including phenoxy) is 3. The Labute approximate surface area is 227 Å². The van der Waals surface area contributed by atoms with Crippen LogP contribution in [0.1, 0.15) is 110 Å². The van der Waals surface area contributed by atoms with Crippen LogP contribution >= 0.6 is 0 Å². The first-order valence-corrected chi connectivity index (χ1v) is 16.3. The molecule has 0 aliphatic rings. The van der Waals surface area contributed by atoms with Gasteiger partial charge in [0.05, 0.1) is 44.5 Å². The van der Waals surface area contributed by atoms with Crippen LogP contribution in [0.15, 0.2) is 35.2 Å². The van der Waals surface area contributed by atoms with Gasteiger partial charge in [-0.3, -0.25) is 4.18 Å². The van der Waals surface area contributed by atoms with Crippen molar-refractivity contribution in [1.29, 1.82) is 0 Å². The monoisotopic (exact) mass is 542 g/mol. The first-order valence-electron chi connectivity index (χ1n) is 14.8. The van der Waals surface area contributed by atoms with Crippen LogP contribution in [0.4, 0.5) is 0 Å². The molecule has 0 saturated heterocycles. The van der Waals surface area contributed by atoms with E-state index < -0.39 is 10.1 Å². The van der Waals surface area contributed by atoms with E-state index in [0.717, 1.165) is 13.0 Å². The van der Waals surface area contributed by atoms with Crippen LogP contribution in [0.25, 0.3) is 0 Å². The molecule has 0 aliphatic carbocycles. The molecule has 0 atom stereocenters. The smallest absolute Gasteiger partial charge is 0.297 e. The van der Waals surface area contributed by atoms with Crippen LogP contribution in [0.5, 0.6) is 0 Å². The number of unbranched alkanes of at least 4 members (excludes halogenated alkanes) is 15. The van der Waals surface area contributed by atoms with E-state index in [0.29, 0.717) is 26.4 Å². The van der Waals surface area contributed by atoms with E-state index in [1.807, 2.05) is 0 Å². The molecule has 0 amide bonds. The lowest BCUT2D eigenvalue weighted by Crippen LogP contribution is -2.14. The molecule has 1 aromatic rings. The fourth-order valence-corrected chi connectivity index (χ4v) is 5.07. The van der Waals surface area contributed by atoms with Crippen molar-refractivity contribution >= 4 is 10.1 Å². The predicted molar refractivity (Wildman–Crippen MR) is 152 cm³/mol. The maximum absolute atomic E-state index is 12.0. The summed E-state index contributed by atoms with van der Waals surface area (Å²) in [5, 5.41) is 0. The summed E-state index contributed by atoms with van der Waals surface area (Å²) in [7, 11) is -3.72. The van der Waals surface area contributed by atoms with Gasteiger partial charge in [-0.1, -0.05) is 121 Å². The third kappa shape index (κ3) is 21.6. The van der Waals surface area contributed by atoms with Gasteiger partial charge in [0, 0.05) is 6.61 Å². The Morgan fingerprint density at radius 2 is 0.865 bits per heavy atom. The molecule has 0 radical (unpaired) electrons. The topological polar surface area (TPSA) is 71.1 Å². The van der Waals surface area contributed by atoms with Crippen LogP contribution in [0.3, 0.4) is 0 Å². The zero-order valence-corrected chi connectivity index (χ0v) is 24.3. The molecule has 1 rings (SSSR count). The summed E-state index contributed by atoms with van der Waals surface area (Å²) in [6.07, 6.45) is 22.0. The van der Waals surface area contributed by atoms with Crippen molar-refractivity contribution < 1.29 is 26.8 Å². The summed E-state index contributed by atoms with van der Waals surface area (Å²) in [5.74, 6) is 0. The highest BCUT2D eigenvalue weighted by molar-refractivity contribution is 7.86. The Balaban J connectivity index is 1.71. The minimum absolute atomic E-state index is 0.0142. The molecule has 0 aliphatic heterocycles. The highest BCUT2D eigenvalue weighted by Gasteiger charge is 2.13. The van der Waals surface area contributed by atoms with Gasteiger partial charge in [-0.15, -0.1) is 0 Å². The summed E-state index contributed by atoms with van der Waals surface area (Å²) in [6, 6.07) is 8.09. The Morgan fingerprint density at radius 1 is 0.486 bits per heavy atom. The minimum atomic E-state index is -3.72. The van der Waals surface area contributed by atoms with E-state index in [4.69, 9.17) is 18.4 Å². The van der Waals surface area contributed by atoms with Gasteiger partial charge in [0.2, 0.25) is 0 Å². The van der Waals surface area contributed by atoms with Crippen LogP contribution < -0.4 is 0 Å². The summed E-state index contributed by atoms with van der Waals surface area (Å²) in [6.45, 7) is 5.25. The largest absolute Gasteiger partial charge is 0.379 e. The van der Waals surface area contributed by atoms with Crippen LogP contribution in [-0.4, -0.2) is 54.7 Å². The van der Waals surface area contributed by atoms with Gasteiger partial charge in [-0.2, -0.15) is 8.42 Å². The van der Waals surface area contributed by atoms with Gasteiger partial charge in [0.15, 0.2) is 0 Å². The van der Waals surface area contributed by atoms with Crippen molar-refractivity contribution in [1.82, 2.24) is 0 Å². The second kappa shape index (κ2) is 25.3. The van der Waals surface area contributed by atoms with Crippen molar-refractivity contribution in [3.05, 3.63) is 30.3 Å². The summed E-state index contributed by atoms with van der Waals surface area (Å²) < 4.78 is 45.3. The van der Waals surface area contributed by atoms with E-state index in [9.17, 15) is 8.42 Å². The molecule has 0 N–H and O–H groups in total. The first-order chi connectivity index (χ1) is 18.2. The van der Waals surface area contributed by atoms with Gasteiger partial charge in [-0.05, 0) is 18.6 Å². The number of hydrogen-bond acceptors (Lipinski definition) is 6. The summed E-state index contributed by atoms with van der Waals surface area (Å²) in [5.41, 5.74) is 0. The lowest BCUT2D eigenvalue weighted by atomic mass is 10.0. The minimum Gasteiger partial charge on any atom is -0.379 e. The lowest BCUT2D eigenvalue weighted by Gasteiger charge is -2.08. The Bertz CT molecular complexity index is 695. The molecule has 0 fully saturated rings. The quantitative estimate of drug-likeness (QED) is 0.0798. The van der Waals surface area contributed by atoms with Crippen LogP contribution in [-0.2, 0) is 28.5 Å². The highest BCUT2D eigenvalue weighted by Crippen LogP contribution is 2.14. The average molecular weight is 543 g/mol. The van der Waals surface area contributed by atoms with Gasteiger partial charge >= 0.3 is 0 Å². The zero-order chi connectivity index (χ0) is 26.7. The number of hydrogen-bond donors (Lipinski definition) is 0. The van der Waals surface area contributed by atoms with Crippen molar-refractivity contribution in [3.63, 3.8) is 0 Å². The molecule has 0 aromatic heterocycles. The zero-order valence-electron chi connectivity index (χ0n) is 23.5. The third-order valence-electron chi connectivity index (χ3n) is 6.38. The molecule has 37 heavy (non-hydrogen) atoms. The van der Waals surface area contributed by atoms with Crippen molar-refractivity contribution in [2.24, 2.45) is 0 Å².